The van der Waals surface area contributed by atoms with Gasteiger partial charge in [0.1, 0.15) is 17.8 Å². The second-order valence-electron chi connectivity index (χ2n) is 7.12. The molecule has 3 rings (SSSR count). The second-order valence-corrected chi connectivity index (χ2v) is 7.12. The molecular formula is C16H22O6. The van der Waals surface area contributed by atoms with Crippen LogP contribution in [0.15, 0.2) is 0 Å². The molecule has 1 heterocycles. The van der Waals surface area contributed by atoms with Crippen LogP contribution in [0.3, 0.4) is 0 Å². The molecule has 6 heteroatoms. The van der Waals surface area contributed by atoms with Crippen LogP contribution >= 0.6 is 0 Å². The molecule has 122 valence electrons. The summed E-state index contributed by atoms with van der Waals surface area (Å²) in [5, 5.41) is 0. The van der Waals surface area contributed by atoms with Gasteiger partial charge in [-0.15, -0.1) is 0 Å². The van der Waals surface area contributed by atoms with Crippen LogP contribution in [-0.2, 0) is 28.6 Å². The minimum atomic E-state index is -0.572. The number of hydrogen-bond acceptors (Lipinski definition) is 6. The molecule has 1 aliphatic heterocycles. The van der Waals surface area contributed by atoms with Crippen molar-refractivity contribution in [3.63, 3.8) is 0 Å². The lowest BCUT2D eigenvalue weighted by Crippen LogP contribution is -2.45. The van der Waals surface area contributed by atoms with Crippen molar-refractivity contribution < 1.29 is 28.6 Å². The molecule has 0 aromatic heterocycles. The third kappa shape index (κ3) is 2.20. The molecule has 3 fully saturated rings. The minimum absolute atomic E-state index is 0.0378. The van der Waals surface area contributed by atoms with E-state index in [1.165, 1.54) is 6.92 Å². The van der Waals surface area contributed by atoms with Crippen molar-refractivity contribution >= 4 is 17.9 Å². The maximum atomic E-state index is 12.6. The van der Waals surface area contributed by atoms with E-state index in [-0.39, 0.29) is 23.8 Å². The summed E-state index contributed by atoms with van der Waals surface area (Å²) in [5.74, 6) is -2.38. The monoisotopic (exact) mass is 310 g/mol. The van der Waals surface area contributed by atoms with Crippen LogP contribution in [0.2, 0.25) is 0 Å². The predicted molar refractivity (Wildman–Crippen MR) is 74.5 cm³/mol. The highest BCUT2D eigenvalue weighted by Crippen LogP contribution is 2.59. The fourth-order valence-corrected chi connectivity index (χ4v) is 4.07. The molecule has 0 N–H and O–H groups in total. The maximum Gasteiger partial charge on any atom is 0.310 e. The summed E-state index contributed by atoms with van der Waals surface area (Å²) in [5.41, 5.74) is -0.572. The molecule has 2 bridgehead atoms. The standard InChI is InChI=1S/C16H22O6/c1-5-16(3,4)22-15(19)11-9-6-8-10(11)14(18)21-13(8)12(9)20-7(2)17/h8-13H,5-6H2,1-4H3. The quantitative estimate of drug-likeness (QED) is 0.578. The van der Waals surface area contributed by atoms with Gasteiger partial charge in [0.2, 0.25) is 0 Å². The zero-order chi connectivity index (χ0) is 16.2. The van der Waals surface area contributed by atoms with Crippen LogP contribution in [0.1, 0.15) is 40.5 Å². The van der Waals surface area contributed by atoms with Gasteiger partial charge in [0, 0.05) is 18.8 Å². The summed E-state index contributed by atoms with van der Waals surface area (Å²) in [7, 11) is 0. The average Bonchev–Trinajstić information content (AvgIpc) is 3.01. The number of carbonyl (C=O) groups is 3. The Bertz CT molecular complexity index is 525. The van der Waals surface area contributed by atoms with E-state index in [9.17, 15) is 14.4 Å². The van der Waals surface area contributed by atoms with Crippen molar-refractivity contribution in [3.8, 4) is 0 Å². The Labute approximate surface area is 129 Å². The molecule has 6 nitrogen and oxygen atoms in total. The third-order valence-corrected chi connectivity index (χ3v) is 5.35. The summed E-state index contributed by atoms with van der Waals surface area (Å²) in [6.07, 6.45) is 0.442. The molecule has 0 aromatic carbocycles. The van der Waals surface area contributed by atoms with Gasteiger partial charge in [-0.1, -0.05) is 6.92 Å². The molecule has 1 saturated heterocycles. The van der Waals surface area contributed by atoms with E-state index in [0.717, 1.165) is 0 Å². The molecule has 6 atom stereocenters. The van der Waals surface area contributed by atoms with Crippen molar-refractivity contribution in [2.24, 2.45) is 23.7 Å². The molecule has 0 aromatic rings. The van der Waals surface area contributed by atoms with E-state index in [1.807, 2.05) is 20.8 Å². The Balaban J connectivity index is 1.84. The van der Waals surface area contributed by atoms with Crippen LogP contribution in [0, 0.1) is 23.7 Å². The van der Waals surface area contributed by atoms with Crippen molar-refractivity contribution in [1.82, 2.24) is 0 Å². The van der Waals surface area contributed by atoms with Crippen molar-refractivity contribution in [2.75, 3.05) is 0 Å². The number of rotatable bonds is 4. The van der Waals surface area contributed by atoms with E-state index >= 15 is 0 Å². The average molecular weight is 310 g/mol. The van der Waals surface area contributed by atoms with Gasteiger partial charge in [-0.25, -0.2) is 0 Å². The lowest BCUT2D eigenvalue weighted by atomic mass is 9.78. The summed E-state index contributed by atoms with van der Waals surface area (Å²) >= 11 is 0. The topological polar surface area (TPSA) is 78.9 Å². The van der Waals surface area contributed by atoms with Crippen molar-refractivity contribution in [1.29, 1.82) is 0 Å². The van der Waals surface area contributed by atoms with Gasteiger partial charge in [0.15, 0.2) is 0 Å². The van der Waals surface area contributed by atoms with E-state index < -0.39 is 35.6 Å². The van der Waals surface area contributed by atoms with Gasteiger partial charge in [-0.3, -0.25) is 14.4 Å². The Morgan fingerprint density at radius 3 is 2.59 bits per heavy atom. The molecule has 0 radical (unpaired) electrons. The number of carbonyl (C=O) groups excluding carboxylic acids is 3. The van der Waals surface area contributed by atoms with E-state index in [0.29, 0.717) is 12.8 Å². The molecule has 6 unspecified atom stereocenters. The SMILES string of the molecule is CCC(C)(C)OC(=O)C1C2CC3C(OC(=O)C31)C2OC(C)=O. The van der Waals surface area contributed by atoms with Crippen molar-refractivity contribution in [3.05, 3.63) is 0 Å². The lowest BCUT2D eigenvalue weighted by molar-refractivity contribution is -0.172. The van der Waals surface area contributed by atoms with Crippen molar-refractivity contribution in [2.45, 2.75) is 58.3 Å². The summed E-state index contributed by atoms with van der Waals surface area (Å²) in [4.78, 5) is 36.0. The second kappa shape index (κ2) is 4.96. The molecule has 0 amide bonds. The van der Waals surface area contributed by atoms with Crippen LogP contribution in [-0.4, -0.2) is 35.7 Å². The lowest BCUT2D eigenvalue weighted by Gasteiger charge is -2.32. The highest BCUT2D eigenvalue weighted by Gasteiger charge is 2.70. The Hall–Kier alpha value is -1.59. The first-order valence-electron chi connectivity index (χ1n) is 7.85. The Morgan fingerprint density at radius 2 is 2.00 bits per heavy atom. The van der Waals surface area contributed by atoms with Gasteiger partial charge in [0.05, 0.1) is 11.8 Å². The number of esters is 3. The minimum Gasteiger partial charge on any atom is -0.459 e. The van der Waals surface area contributed by atoms with Crippen LogP contribution in [0.25, 0.3) is 0 Å². The molecule has 2 saturated carbocycles. The summed E-state index contributed by atoms with van der Waals surface area (Å²) < 4.78 is 16.3. The smallest absolute Gasteiger partial charge is 0.310 e. The molecular weight excluding hydrogens is 288 g/mol. The van der Waals surface area contributed by atoms with E-state index in [2.05, 4.69) is 0 Å². The normalized spacial score (nSPS) is 38.8. The zero-order valence-electron chi connectivity index (χ0n) is 13.3. The number of ether oxygens (including phenoxy) is 3. The summed E-state index contributed by atoms with van der Waals surface area (Å²) in [6, 6.07) is 0. The maximum absolute atomic E-state index is 12.6. The van der Waals surface area contributed by atoms with E-state index in [1.54, 1.807) is 0 Å². The summed E-state index contributed by atoms with van der Waals surface area (Å²) in [6.45, 7) is 6.96. The first kappa shape index (κ1) is 15.3. The van der Waals surface area contributed by atoms with Gasteiger partial charge in [0.25, 0.3) is 0 Å². The van der Waals surface area contributed by atoms with Crippen LogP contribution in [0.4, 0.5) is 0 Å². The van der Waals surface area contributed by atoms with Gasteiger partial charge < -0.3 is 14.2 Å². The molecule has 22 heavy (non-hydrogen) atoms. The van der Waals surface area contributed by atoms with Crippen LogP contribution < -0.4 is 0 Å². The van der Waals surface area contributed by atoms with Gasteiger partial charge in [-0.05, 0) is 26.7 Å². The first-order valence-corrected chi connectivity index (χ1v) is 7.85. The van der Waals surface area contributed by atoms with Crippen LogP contribution in [0.5, 0.6) is 0 Å². The number of fused-ring (bicyclic) bond motifs is 1. The fourth-order valence-electron chi connectivity index (χ4n) is 4.07. The van der Waals surface area contributed by atoms with Gasteiger partial charge in [-0.2, -0.15) is 0 Å². The fraction of sp³-hybridized carbons (Fsp3) is 0.812. The predicted octanol–water partition coefficient (Wildman–Crippen LogP) is 1.46. The van der Waals surface area contributed by atoms with Gasteiger partial charge >= 0.3 is 17.9 Å². The zero-order valence-corrected chi connectivity index (χ0v) is 13.3. The Morgan fingerprint density at radius 1 is 1.32 bits per heavy atom. The Kier molecular flexibility index (Phi) is 3.45. The third-order valence-electron chi connectivity index (χ3n) is 5.35. The number of hydrogen-bond donors (Lipinski definition) is 0. The highest BCUT2D eigenvalue weighted by molar-refractivity contribution is 5.86. The molecule has 2 aliphatic carbocycles. The first-order chi connectivity index (χ1) is 10.2. The highest BCUT2D eigenvalue weighted by atomic mass is 16.6. The van der Waals surface area contributed by atoms with E-state index in [4.69, 9.17) is 14.2 Å². The molecule has 0 spiro atoms. The largest absolute Gasteiger partial charge is 0.459 e. The molecule has 3 aliphatic rings.